The molecule has 0 fully saturated rings. The maximum Gasteiger partial charge on any atom is 0.0910 e. The fourth-order valence-corrected chi connectivity index (χ4v) is 2.91. The standard InChI is InChI=1S/C14H15Cl3N2/c1-7(6-18)3-9-4-8(2)19-14-11(16)5-10(15)13(17)12(9)14/h4-5,7H,3,6,18H2,1-2H3. The molecule has 0 radical (unpaired) electrons. The Morgan fingerprint density at radius 1 is 1.21 bits per heavy atom. The molecule has 0 amide bonds. The van der Waals surface area contributed by atoms with Crippen molar-refractivity contribution in [3.05, 3.63) is 38.5 Å². The van der Waals surface area contributed by atoms with E-state index in [1.54, 1.807) is 6.07 Å². The molecule has 1 unspecified atom stereocenters. The minimum atomic E-state index is 0.360. The van der Waals surface area contributed by atoms with Gasteiger partial charge in [-0.25, -0.2) is 0 Å². The molecule has 5 heteroatoms. The van der Waals surface area contributed by atoms with Crippen molar-refractivity contribution in [1.29, 1.82) is 0 Å². The highest BCUT2D eigenvalue weighted by Crippen LogP contribution is 2.37. The Hall–Kier alpha value is -0.540. The van der Waals surface area contributed by atoms with Crippen LogP contribution in [0.15, 0.2) is 12.1 Å². The van der Waals surface area contributed by atoms with Crippen LogP contribution in [0, 0.1) is 12.8 Å². The van der Waals surface area contributed by atoms with Crippen molar-refractivity contribution in [2.45, 2.75) is 20.3 Å². The molecular formula is C14H15Cl3N2. The largest absolute Gasteiger partial charge is 0.330 e. The van der Waals surface area contributed by atoms with Crippen molar-refractivity contribution < 1.29 is 0 Å². The Morgan fingerprint density at radius 3 is 2.53 bits per heavy atom. The zero-order valence-electron chi connectivity index (χ0n) is 10.8. The molecule has 0 aliphatic rings. The normalized spacial score (nSPS) is 12.9. The van der Waals surface area contributed by atoms with E-state index in [4.69, 9.17) is 40.5 Å². The van der Waals surface area contributed by atoms with E-state index in [9.17, 15) is 0 Å². The zero-order valence-corrected chi connectivity index (χ0v) is 13.1. The van der Waals surface area contributed by atoms with Gasteiger partial charge in [0, 0.05) is 11.1 Å². The molecule has 2 nitrogen and oxygen atoms in total. The first-order valence-corrected chi connectivity index (χ1v) is 7.21. The molecule has 1 atom stereocenters. The van der Waals surface area contributed by atoms with E-state index in [1.165, 1.54) is 0 Å². The van der Waals surface area contributed by atoms with Gasteiger partial charge < -0.3 is 5.73 Å². The second-order valence-electron chi connectivity index (χ2n) is 4.85. The highest BCUT2D eigenvalue weighted by Gasteiger charge is 2.15. The van der Waals surface area contributed by atoms with E-state index < -0.39 is 0 Å². The minimum Gasteiger partial charge on any atom is -0.330 e. The fraction of sp³-hybridized carbons (Fsp3) is 0.357. The molecule has 1 heterocycles. The second kappa shape index (κ2) is 5.84. The number of nitrogens with two attached hydrogens (primary N) is 1. The van der Waals surface area contributed by atoms with Gasteiger partial charge in [0.1, 0.15) is 0 Å². The van der Waals surface area contributed by atoms with Gasteiger partial charge in [0.05, 0.1) is 20.6 Å². The van der Waals surface area contributed by atoms with E-state index in [0.29, 0.717) is 33.0 Å². The Labute approximate surface area is 127 Å². The first-order valence-electron chi connectivity index (χ1n) is 6.07. The maximum atomic E-state index is 6.32. The van der Waals surface area contributed by atoms with E-state index in [0.717, 1.165) is 23.1 Å². The summed E-state index contributed by atoms with van der Waals surface area (Å²) in [4.78, 5) is 4.46. The molecule has 0 bridgehead atoms. The van der Waals surface area contributed by atoms with Crippen molar-refractivity contribution in [2.24, 2.45) is 11.7 Å². The van der Waals surface area contributed by atoms with Crippen molar-refractivity contribution >= 4 is 45.7 Å². The lowest BCUT2D eigenvalue weighted by molar-refractivity contribution is 0.595. The van der Waals surface area contributed by atoms with E-state index in [2.05, 4.69) is 11.9 Å². The van der Waals surface area contributed by atoms with Gasteiger partial charge in [0.15, 0.2) is 0 Å². The maximum absolute atomic E-state index is 6.32. The summed E-state index contributed by atoms with van der Waals surface area (Å²) in [6.45, 7) is 4.66. The first kappa shape index (κ1) is 14.9. The zero-order chi connectivity index (χ0) is 14.2. The number of hydrogen-bond donors (Lipinski definition) is 1. The predicted molar refractivity (Wildman–Crippen MR) is 83.4 cm³/mol. The van der Waals surface area contributed by atoms with E-state index in [-0.39, 0.29) is 0 Å². The number of benzene rings is 1. The van der Waals surface area contributed by atoms with Gasteiger partial charge in [-0.1, -0.05) is 41.7 Å². The third kappa shape index (κ3) is 2.97. The van der Waals surface area contributed by atoms with Crippen LogP contribution >= 0.6 is 34.8 Å². The highest BCUT2D eigenvalue weighted by molar-refractivity contribution is 6.47. The third-order valence-corrected chi connectivity index (χ3v) is 4.18. The molecule has 0 saturated carbocycles. The Kier molecular flexibility index (Phi) is 4.57. The molecular weight excluding hydrogens is 303 g/mol. The average molecular weight is 318 g/mol. The first-order chi connectivity index (χ1) is 8.93. The molecule has 19 heavy (non-hydrogen) atoms. The van der Waals surface area contributed by atoms with Gasteiger partial charge in [-0.05, 0) is 43.5 Å². The molecule has 0 aliphatic carbocycles. The molecule has 2 N–H and O–H groups in total. The molecule has 102 valence electrons. The quantitative estimate of drug-likeness (QED) is 0.838. The summed E-state index contributed by atoms with van der Waals surface area (Å²) in [5.74, 6) is 0.360. The Balaban J connectivity index is 2.75. The molecule has 0 aliphatic heterocycles. The third-order valence-electron chi connectivity index (χ3n) is 3.11. The van der Waals surface area contributed by atoms with Crippen molar-refractivity contribution in [3.63, 3.8) is 0 Å². The van der Waals surface area contributed by atoms with Gasteiger partial charge in [0.2, 0.25) is 0 Å². The Bertz CT molecular complexity index is 626. The second-order valence-corrected chi connectivity index (χ2v) is 6.04. The summed E-state index contributed by atoms with van der Waals surface area (Å²) in [5.41, 5.74) is 8.40. The molecule has 1 aromatic heterocycles. The molecule has 0 spiro atoms. The monoisotopic (exact) mass is 316 g/mol. The molecule has 2 rings (SSSR count). The fourth-order valence-electron chi connectivity index (χ4n) is 2.14. The molecule has 2 aromatic rings. The van der Waals surface area contributed by atoms with Crippen LogP contribution in [0.25, 0.3) is 10.9 Å². The predicted octanol–water partition coefficient (Wildman–Crippen LogP) is 4.64. The van der Waals surface area contributed by atoms with E-state index >= 15 is 0 Å². The SMILES string of the molecule is Cc1cc(CC(C)CN)c2c(Cl)c(Cl)cc(Cl)c2n1. The van der Waals surface area contributed by atoms with Crippen LogP contribution in [0.3, 0.4) is 0 Å². The van der Waals surface area contributed by atoms with Crippen LogP contribution in [-0.2, 0) is 6.42 Å². The van der Waals surface area contributed by atoms with Crippen LogP contribution in [0.1, 0.15) is 18.2 Å². The molecule has 1 aromatic carbocycles. The highest BCUT2D eigenvalue weighted by atomic mass is 35.5. The number of hydrogen-bond acceptors (Lipinski definition) is 2. The van der Waals surface area contributed by atoms with Gasteiger partial charge in [0.25, 0.3) is 0 Å². The lowest BCUT2D eigenvalue weighted by Gasteiger charge is -2.14. The smallest absolute Gasteiger partial charge is 0.0910 e. The van der Waals surface area contributed by atoms with E-state index in [1.807, 2.05) is 13.0 Å². The van der Waals surface area contributed by atoms with Crippen molar-refractivity contribution in [2.75, 3.05) is 6.54 Å². The number of pyridine rings is 1. The number of aromatic nitrogens is 1. The molecule has 0 saturated heterocycles. The minimum absolute atomic E-state index is 0.360. The van der Waals surface area contributed by atoms with Crippen molar-refractivity contribution in [1.82, 2.24) is 4.98 Å². The number of fused-ring (bicyclic) bond motifs is 1. The lowest BCUT2D eigenvalue weighted by atomic mass is 9.97. The van der Waals surface area contributed by atoms with Gasteiger partial charge in [-0.2, -0.15) is 0 Å². The van der Waals surface area contributed by atoms with Crippen LogP contribution in [-0.4, -0.2) is 11.5 Å². The van der Waals surface area contributed by atoms with Crippen molar-refractivity contribution in [3.8, 4) is 0 Å². The summed E-state index contributed by atoms with van der Waals surface area (Å²) in [6.07, 6.45) is 0.826. The van der Waals surface area contributed by atoms with Crippen LogP contribution in [0.5, 0.6) is 0 Å². The number of rotatable bonds is 3. The van der Waals surface area contributed by atoms with Gasteiger partial charge in [-0.3, -0.25) is 4.98 Å². The number of nitrogens with zero attached hydrogens (tertiary/aromatic N) is 1. The van der Waals surface area contributed by atoms with Crippen LogP contribution in [0.4, 0.5) is 0 Å². The topological polar surface area (TPSA) is 38.9 Å². The summed E-state index contributed by atoms with van der Waals surface area (Å²) in [7, 11) is 0. The lowest BCUT2D eigenvalue weighted by Crippen LogP contribution is -2.13. The summed E-state index contributed by atoms with van der Waals surface area (Å²) in [5, 5.41) is 2.32. The van der Waals surface area contributed by atoms with Crippen LogP contribution < -0.4 is 5.73 Å². The number of aryl methyl sites for hydroxylation is 1. The van der Waals surface area contributed by atoms with Gasteiger partial charge >= 0.3 is 0 Å². The average Bonchev–Trinajstić information content (AvgIpc) is 2.35. The summed E-state index contributed by atoms with van der Waals surface area (Å²) in [6, 6.07) is 3.66. The van der Waals surface area contributed by atoms with Crippen LogP contribution in [0.2, 0.25) is 15.1 Å². The summed E-state index contributed by atoms with van der Waals surface area (Å²) < 4.78 is 0. The number of halogens is 3. The summed E-state index contributed by atoms with van der Waals surface area (Å²) >= 11 is 18.6. The van der Waals surface area contributed by atoms with Gasteiger partial charge in [-0.15, -0.1) is 0 Å². The Morgan fingerprint density at radius 2 is 1.89 bits per heavy atom.